The highest BCUT2D eigenvalue weighted by Gasteiger charge is 2.80. The van der Waals surface area contributed by atoms with Gasteiger partial charge in [0.15, 0.2) is 11.9 Å². The molecular formula is C52H66N4O10. The van der Waals surface area contributed by atoms with Crippen LogP contribution in [0.4, 0.5) is 5.69 Å². The van der Waals surface area contributed by atoms with Gasteiger partial charge in [-0.2, -0.15) is 0 Å². The number of likely N-dealkylation sites (N-methyl/N-ethyl adjacent to an activating group) is 1. The first kappa shape index (κ1) is 46.1. The minimum Gasteiger partial charge on any atom is -0.496 e. The zero-order chi connectivity index (χ0) is 47.1. The van der Waals surface area contributed by atoms with Crippen molar-refractivity contribution in [3.8, 4) is 5.75 Å². The Balaban J connectivity index is 1.34. The molecule has 3 N–H and O–H groups in total. The van der Waals surface area contributed by atoms with Gasteiger partial charge < -0.3 is 39.0 Å². The van der Waals surface area contributed by atoms with E-state index in [9.17, 15) is 24.6 Å². The molecule has 9 rings (SSSR count). The number of anilines is 1. The topological polar surface area (TPSA) is 171 Å². The molecule has 66 heavy (non-hydrogen) atoms. The molecule has 14 nitrogen and oxygen atoms in total. The van der Waals surface area contributed by atoms with Crippen molar-refractivity contribution in [2.24, 2.45) is 11.3 Å². The largest absolute Gasteiger partial charge is 0.496 e. The molecule has 1 aromatic heterocycles. The first-order chi connectivity index (χ1) is 31.5. The molecular weight excluding hydrogens is 841 g/mol. The number of methoxy groups -OCH3 is 3. The van der Waals surface area contributed by atoms with Crippen LogP contribution < -0.4 is 9.64 Å². The summed E-state index contributed by atoms with van der Waals surface area (Å²) < 4.78 is 24.1. The Morgan fingerprint density at radius 3 is 2.39 bits per heavy atom. The zero-order valence-corrected chi connectivity index (χ0v) is 39.7. The molecule has 2 aromatic carbocycles. The van der Waals surface area contributed by atoms with Gasteiger partial charge in [0, 0.05) is 97.4 Å². The number of hydrogen-bond donors (Lipinski definition) is 3. The lowest BCUT2D eigenvalue weighted by atomic mass is 9.47. The lowest BCUT2D eigenvalue weighted by Crippen LogP contribution is -2.81. The van der Waals surface area contributed by atoms with Gasteiger partial charge >= 0.3 is 17.9 Å². The van der Waals surface area contributed by atoms with Gasteiger partial charge in [-0.15, -0.1) is 0 Å². The highest BCUT2D eigenvalue weighted by molar-refractivity contribution is 5.97. The molecule has 2 bridgehead atoms. The van der Waals surface area contributed by atoms with Crippen molar-refractivity contribution in [2.45, 2.75) is 119 Å². The predicted molar refractivity (Wildman–Crippen MR) is 249 cm³/mol. The third-order valence-corrected chi connectivity index (χ3v) is 16.7. The molecule has 5 aliphatic heterocycles. The second kappa shape index (κ2) is 16.6. The second-order valence-corrected chi connectivity index (χ2v) is 20.0. The monoisotopic (exact) mass is 906 g/mol. The van der Waals surface area contributed by atoms with Crippen LogP contribution in [0.3, 0.4) is 0 Å². The fourth-order valence-electron chi connectivity index (χ4n) is 14.2. The third kappa shape index (κ3) is 6.48. The van der Waals surface area contributed by atoms with Crippen LogP contribution in [0.2, 0.25) is 0 Å². The number of nitrogens with zero attached hydrogens (tertiary/aromatic N) is 3. The number of nitrogens with one attached hydrogen (secondary N) is 1. The number of piperidine rings is 1. The third-order valence-electron chi connectivity index (χ3n) is 16.7. The molecule has 1 saturated carbocycles. The normalized spacial score (nSPS) is 34.4. The SMILES string of the molecule is CCCC(=O)/C=C/c1ccc2[nH]c3c(c2c1)CCN1C[C@H](C[C@@](O)(CC)C1)C[C@]3(C(=O)OC)c1cc2c(cc1OC)N(C)[C@H]1[C@@](O)(C(=O)OC)[C@H](OC(C)=O)[C@]3(CC)C=CCN4CC[C@]21[C@@H]43. The summed E-state index contributed by atoms with van der Waals surface area (Å²) in [5.74, 6) is -1.69. The van der Waals surface area contributed by atoms with Crippen molar-refractivity contribution >= 4 is 46.4 Å². The van der Waals surface area contributed by atoms with Crippen LogP contribution in [0.25, 0.3) is 17.0 Å². The van der Waals surface area contributed by atoms with E-state index >= 15 is 4.79 Å². The average Bonchev–Trinajstić information content (AvgIpc) is 3.97. The number of aromatic amines is 1. The standard InChI is InChI=1S/C52H66N4O10/c1-9-13-34(58)16-14-32-15-17-39-36(24-32)35-18-22-55-29-33(27-48(61,10-2)30-55)28-51(42(35)53-39,46(59)64-7)38-25-37-40(26-41(38)63-6)54(5)44-50(37)20-23-56-21-12-19-49(11-3,43(50)56)45(66-31(4)57)52(44,62)47(60)65-8/h12,14-17,19,24-26,33,43-45,53,61-62H,9-11,13,18,20-23,27-30H2,1-8H3/b16-14+/t33-,43+,44-,45-,48+,49-,50-,51+,52+/m1/s1. The van der Waals surface area contributed by atoms with Gasteiger partial charge in [0.05, 0.1) is 33.0 Å². The summed E-state index contributed by atoms with van der Waals surface area (Å²) in [5, 5.41) is 26.5. The number of ether oxygens (including phenoxy) is 4. The number of aliphatic hydroxyl groups is 2. The summed E-state index contributed by atoms with van der Waals surface area (Å²) >= 11 is 0. The van der Waals surface area contributed by atoms with Crippen molar-refractivity contribution in [1.82, 2.24) is 14.8 Å². The highest BCUT2D eigenvalue weighted by Crippen LogP contribution is 2.68. The van der Waals surface area contributed by atoms with Crippen LogP contribution in [0.1, 0.15) is 101 Å². The lowest BCUT2D eigenvalue weighted by molar-refractivity contribution is -0.228. The molecule has 14 heteroatoms. The smallest absolute Gasteiger partial charge is 0.344 e. The number of rotatable bonds is 11. The molecule has 10 atom stereocenters. The van der Waals surface area contributed by atoms with Crippen molar-refractivity contribution in [2.75, 3.05) is 66.0 Å². The Morgan fingerprint density at radius 2 is 1.71 bits per heavy atom. The Kier molecular flexibility index (Phi) is 11.6. The maximum atomic E-state index is 15.6. The van der Waals surface area contributed by atoms with E-state index in [2.05, 4.69) is 26.9 Å². The number of carbonyl (C=O) groups excluding carboxylic acids is 4. The Labute approximate surface area is 387 Å². The van der Waals surface area contributed by atoms with Gasteiger partial charge in [-0.3, -0.25) is 24.2 Å². The van der Waals surface area contributed by atoms with Crippen molar-refractivity contribution in [1.29, 1.82) is 0 Å². The van der Waals surface area contributed by atoms with E-state index in [1.165, 1.54) is 21.1 Å². The van der Waals surface area contributed by atoms with E-state index in [0.29, 0.717) is 93.9 Å². The summed E-state index contributed by atoms with van der Waals surface area (Å²) in [7, 11) is 6.10. The van der Waals surface area contributed by atoms with Gasteiger partial charge in [0.1, 0.15) is 11.2 Å². The van der Waals surface area contributed by atoms with Gasteiger partial charge in [0.2, 0.25) is 5.60 Å². The molecule has 0 radical (unpaired) electrons. The molecule has 0 amide bonds. The lowest BCUT2D eigenvalue weighted by Gasteiger charge is -2.63. The van der Waals surface area contributed by atoms with Gasteiger partial charge in [-0.1, -0.05) is 45.1 Å². The zero-order valence-electron chi connectivity index (χ0n) is 39.7. The molecule has 354 valence electrons. The number of aromatic nitrogens is 1. The van der Waals surface area contributed by atoms with Gasteiger partial charge in [-0.05, 0) is 98.4 Å². The Hall–Kier alpha value is -5.02. The first-order valence-electron chi connectivity index (χ1n) is 23.8. The van der Waals surface area contributed by atoms with Gasteiger partial charge in [0.25, 0.3) is 0 Å². The summed E-state index contributed by atoms with van der Waals surface area (Å²) in [6.07, 6.45) is 10.3. The summed E-state index contributed by atoms with van der Waals surface area (Å²) in [5.41, 5.74) is -1.37. The van der Waals surface area contributed by atoms with Crippen LogP contribution in [-0.4, -0.2) is 139 Å². The number of H-pyrrole nitrogens is 1. The molecule has 6 aliphatic rings. The van der Waals surface area contributed by atoms with Crippen molar-refractivity contribution < 1.29 is 48.3 Å². The van der Waals surface area contributed by atoms with E-state index in [-0.39, 0.29) is 24.2 Å². The van der Waals surface area contributed by atoms with Crippen LogP contribution >= 0.6 is 0 Å². The Morgan fingerprint density at radius 1 is 0.939 bits per heavy atom. The minimum absolute atomic E-state index is 0.0541. The quantitative estimate of drug-likeness (QED) is 0.0972. The molecule has 1 spiro atoms. The number of allylic oxidation sites excluding steroid dienone is 1. The van der Waals surface area contributed by atoms with Crippen LogP contribution in [0.5, 0.6) is 5.75 Å². The van der Waals surface area contributed by atoms with Crippen LogP contribution in [0, 0.1) is 11.3 Å². The Bertz CT molecular complexity index is 2530. The van der Waals surface area contributed by atoms with E-state index < -0.39 is 57.5 Å². The van der Waals surface area contributed by atoms with E-state index in [0.717, 1.165) is 34.0 Å². The molecule has 6 heterocycles. The number of esters is 3. The van der Waals surface area contributed by atoms with Crippen LogP contribution in [-0.2, 0) is 50.6 Å². The van der Waals surface area contributed by atoms with Crippen molar-refractivity contribution in [3.63, 3.8) is 0 Å². The average molecular weight is 907 g/mol. The number of ketones is 1. The number of fused-ring (bicyclic) bond motifs is 6. The second-order valence-electron chi connectivity index (χ2n) is 20.0. The number of hydrogen-bond acceptors (Lipinski definition) is 13. The molecule has 3 fully saturated rings. The fraction of sp³-hybridized carbons (Fsp3) is 0.577. The van der Waals surface area contributed by atoms with Gasteiger partial charge in [-0.25, -0.2) is 4.79 Å². The highest BCUT2D eigenvalue weighted by atomic mass is 16.6. The van der Waals surface area contributed by atoms with E-state index in [1.54, 1.807) is 13.2 Å². The molecule has 2 saturated heterocycles. The van der Waals surface area contributed by atoms with E-state index in [1.807, 2.05) is 69.1 Å². The summed E-state index contributed by atoms with van der Waals surface area (Å²) in [6.45, 7) is 10.4. The van der Waals surface area contributed by atoms with Crippen LogP contribution in [0.15, 0.2) is 48.6 Å². The summed E-state index contributed by atoms with van der Waals surface area (Å²) in [4.78, 5) is 66.2. The molecule has 1 unspecified atom stereocenters. The minimum atomic E-state index is -2.34. The fourth-order valence-corrected chi connectivity index (χ4v) is 14.2. The van der Waals surface area contributed by atoms with E-state index in [4.69, 9.17) is 18.9 Å². The molecule has 3 aromatic rings. The number of carbonyl (C=O) groups is 4. The van der Waals surface area contributed by atoms with Crippen molar-refractivity contribution in [3.05, 3.63) is 76.5 Å². The maximum absolute atomic E-state index is 15.6. The summed E-state index contributed by atoms with van der Waals surface area (Å²) in [6, 6.07) is 8.75. The predicted octanol–water partition coefficient (Wildman–Crippen LogP) is 5.37. The maximum Gasteiger partial charge on any atom is 0.344 e. The molecule has 1 aliphatic carbocycles. The number of benzene rings is 2. The first-order valence-corrected chi connectivity index (χ1v) is 23.8.